The number of carbonyl (C=O) groups is 2. The summed E-state index contributed by atoms with van der Waals surface area (Å²) in [5.74, 6) is 0.204. The van der Waals surface area contributed by atoms with Crippen molar-refractivity contribution < 1.29 is 14.3 Å². The number of hydrogen-bond acceptors (Lipinski definition) is 4. The van der Waals surface area contributed by atoms with Crippen molar-refractivity contribution in [2.75, 3.05) is 19.6 Å². The quantitative estimate of drug-likeness (QED) is 0.339. The molecule has 0 aromatic rings. The third-order valence-electron chi connectivity index (χ3n) is 3.78. The number of amides is 2. The number of rotatable bonds is 10. The topological polar surface area (TPSA) is 118 Å². The van der Waals surface area contributed by atoms with Crippen LogP contribution in [0.3, 0.4) is 0 Å². The Hall–Kier alpha value is -1.99. The molecular weight excluding hydrogens is 346 g/mol. The third kappa shape index (κ3) is 12.1. The summed E-state index contributed by atoms with van der Waals surface area (Å²) in [6.07, 6.45) is 2.49. The number of nitrogens with one attached hydrogen (secondary N) is 3. The Morgan fingerprint density at radius 2 is 1.74 bits per heavy atom. The van der Waals surface area contributed by atoms with Gasteiger partial charge in [-0.25, -0.2) is 4.79 Å². The number of guanidine groups is 1. The maximum Gasteiger partial charge on any atom is 0.407 e. The Kier molecular flexibility index (Phi) is 10.8. The standard InChI is InChI=1S/C19H39N5O3/c1-8-10-11-14(12-22-17(26)27-18(3,4)5)24-16(21-9-2)23-13-19(6,7)15(20)25/h14H,8-13H2,1-7H3,(H2,20,25)(H,22,26)(H2,21,23,24). The molecule has 1 atom stereocenters. The fourth-order valence-corrected chi connectivity index (χ4v) is 2.06. The van der Waals surface area contributed by atoms with Crippen LogP contribution in [0.1, 0.15) is 67.7 Å². The van der Waals surface area contributed by atoms with E-state index in [0.29, 0.717) is 19.0 Å². The molecule has 0 fully saturated rings. The lowest BCUT2D eigenvalue weighted by atomic mass is 9.93. The highest BCUT2D eigenvalue weighted by Gasteiger charge is 2.25. The second kappa shape index (κ2) is 11.7. The first-order chi connectivity index (χ1) is 12.4. The van der Waals surface area contributed by atoms with Gasteiger partial charge < -0.3 is 26.4 Å². The molecule has 0 spiro atoms. The van der Waals surface area contributed by atoms with E-state index in [9.17, 15) is 9.59 Å². The van der Waals surface area contributed by atoms with Crippen molar-refractivity contribution in [1.29, 1.82) is 0 Å². The minimum Gasteiger partial charge on any atom is -0.444 e. The van der Waals surface area contributed by atoms with Crippen molar-refractivity contribution in [2.24, 2.45) is 16.1 Å². The second-order valence-corrected chi connectivity index (χ2v) is 8.31. The molecule has 0 saturated carbocycles. The van der Waals surface area contributed by atoms with Gasteiger partial charge in [0.05, 0.1) is 12.0 Å². The van der Waals surface area contributed by atoms with Gasteiger partial charge in [0.1, 0.15) is 5.60 Å². The first kappa shape index (κ1) is 25.0. The van der Waals surface area contributed by atoms with Crippen LogP contribution in [0.25, 0.3) is 0 Å². The van der Waals surface area contributed by atoms with E-state index in [0.717, 1.165) is 19.3 Å². The average Bonchev–Trinajstić information content (AvgIpc) is 2.53. The van der Waals surface area contributed by atoms with E-state index < -0.39 is 23.0 Å². The molecular formula is C19H39N5O3. The molecule has 8 heteroatoms. The van der Waals surface area contributed by atoms with E-state index in [4.69, 9.17) is 10.5 Å². The Morgan fingerprint density at radius 1 is 1.11 bits per heavy atom. The molecule has 0 aliphatic heterocycles. The lowest BCUT2D eigenvalue weighted by molar-refractivity contribution is -0.125. The lowest BCUT2D eigenvalue weighted by Crippen LogP contribution is -2.49. The van der Waals surface area contributed by atoms with Crippen LogP contribution in [-0.2, 0) is 9.53 Å². The van der Waals surface area contributed by atoms with Gasteiger partial charge in [-0.2, -0.15) is 0 Å². The van der Waals surface area contributed by atoms with Gasteiger partial charge in [0.2, 0.25) is 5.91 Å². The van der Waals surface area contributed by atoms with Crippen molar-refractivity contribution >= 4 is 18.0 Å². The van der Waals surface area contributed by atoms with Gasteiger partial charge in [-0.15, -0.1) is 0 Å². The number of nitrogens with zero attached hydrogens (tertiary/aromatic N) is 1. The minimum absolute atomic E-state index is 0.00745. The van der Waals surface area contributed by atoms with E-state index in [1.807, 2.05) is 27.7 Å². The molecule has 0 aromatic carbocycles. The van der Waals surface area contributed by atoms with Gasteiger partial charge in [0, 0.05) is 19.1 Å². The third-order valence-corrected chi connectivity index (χ3v) is 3.78. The van der Waals surface area contributed by atoms with Crippen molar-refractivity contribution in [3.05, 3.63) is 0 Å². The van der Waals surface area contributed by atoms with Crippen LogP contribution >= 0.6 is 0 Å². The molecule has 158 valence electrons. The zero-order valence-electron chi connectivity index (χ0n) is 18.1. The van der Waals surface area contributed by atoms with Crippen molar-refractivity contribution in [3.8, 4) is 0 Å². The molecule has 0 saturated heterocycles. The zero-order valence-corrected chi connectivity index (χ0v) is 18.1. The SMILES string of the molecule is CCCCC(CNC(=O)OC(C)(C)C)NC(=NCC(C)(C)C(N)=O)NCC. The smallest absolute Gasteiger partial charge is 0.407 e. The molecule has 5 N–H and O–H groups in total. The van der Waals surface area contributed by atoms with Crippen molar-refractivity contribution in [3.63, 3.8) is 0 Å². The summed E-state index contributed by atoms with van der Waals surface area (Å²) in [5.41, 5.74) is 4.16. The van der Waals surface area contributed by atoms with Crippen LogP contribution in [0.4, 0.5) is 4.79 Å². The van der Waals surface area contributed by atoms with Gasteiger partial charge in [-0.05, 0) is 48.0 Å². The molecule has 0 rings (SSSR count). The van der Waals surface area contributed by atoms with Gasteiger partial charge in [-0.1, -0.05) is 19.8 Å². The Labute approximate surface area is 164 Å². The number of ether oxygens (including phenoxy) is 1. The van der Waals surface area contributed by atoms with E-state index >= 15 is 0 Å². The van der Waals surface area contributed by atoms with E-state index in [-0.39, 0.29) is 12.6 Å². The summed E-state index contributed by atoms with van der Waals surface area (Å²) in [4.78, 5) is 27.9. The van der Waals surface area contributed by atoms with Crippen molar-refractivity contribution in [1.82, 2.24) is 16.0 Å². The highest BCUT2D eigenvalue weighted by molar-refractivity contribution is 5.82. The summed E-state index contributed by atoms with van der Waals surface area (Å²) in [7, 11) is 0. The monoisotopic (exact) mass is 385 g/mol. The summed E-state index contributed by atoms with van der Waals surface area (Å²) < 4.78 is 5.29. The number of aliphatic imine (C=N–C) groups is 1. The Bertz CT molecular complexity index is 498. The van der Waals surface area contributed by atoms with Crippen LogP contribution in [0, 0.1) is 5.41 Å². The van der Waals surface area contributed by atoms with Crippen LogP contribution in [0.2, 0.25) is 0 Å². The van der Waals surface area contributed by atoms with Gasteiger partial charge in [0.15, 0.2) is 5.96 Å². The molecule has 27 heavy (non-hydrogen) atoms. The molecule has 0 aromatic heterocycles. The lowest BCUT2D eigenvalue weighted by Gasteiger charge is -2.25. The van der Waals surface area contributed by atoms with Crippen LogP contribution in [0.5, 0.6) is 0 Å². The van der Waals surface area contributed by atoms with E-state index in [1.54, 1.807) is 13.8 Å². The molecule has 0 aliphatic rings. The number of nitrogens with two attached hydrogens (primary N) is 1. The second-order valence-electron chi connectivity index (χ2n) is 8.31. The number of alkyl carbamates (subject to hydrolysis) is 1. The van der Waals surface area contributed by atoms with Gasteiger partial charge in [0.25, 0.3) is 0 Å². The van der Waals surface area contributed by atoms with Crippen LogP contribution in [0.15, 0.2) is 4.99 Å². The molecule has 0 heterocycles. The maximum atomic E-state index is 11.9. The number of carbonyl (C=O) groups excluding carboxylic acids is 2. The normalized spacial score (nSPS) is 13.7. The molecule has 1 unspecified atom stereocenters. The minimum atomic E-state index is -0.726. The van der Waals surface area contributed by atoms with Crippen LogP contribution < -0.4 is 21.7 Å². The number of unbranched alkanes of at least 4 members (excludes halogenated alkanes) is 1. The summed E-state index contributed by atoms with van der Waals surface area (Å²) in [6.45, 7) is 14.5. The molecule has 0 bridgehead atoms. The summed E-state index contributed by atoms with van der Waals surface area (Å²) in [6, 6.07) is -0.00745. The molecule has 0 radical (unpaired) electrons. The highest BCUT2D eigenvalue weighted by atomic mass is 16.6. The van der Waals surface area contributed by atoms with E-state index in [2.05, 4.69) is 27.9 Å². The largest absolute Gasteiger partial charge is 0.444 e. The Balaban J connectivity index is 4.97. The number of hydrogen-bond donors (Lipinski definition) is 4. The fourth-order valence-electron chi connectivity index (χ4n) is 2.06. The Morgan fingerprint density at radius 3 is 2.22 bits per heavy atom. The summed E-state index contributed by atoms with van der Waals surface area (Å²) >= 11 is 0. The first-order valence-corrected chi connectivity index (χ1v) is 9.73. The fraction of sp³-hybridized carbons (Fsp3) is 0.842. The predicted octanol–water partition coefficient (Wildman–Crippen LogP) is 2.14. The van der Waals surface area contributed by atoms with Crippen molar-refractivity contribution in [2.45, 2.75) is 79.4 Å². The van der Waals surface area contributed by atoms with Gasteiger partial charge >= 0.3 is 6.09 Å². The van der Waals surface area contributed by atoms with Gasteiger partial charge in [-0.3, -0.25) is 9.79 Å². The molecule has 0 aliphatic carbocycles. The molecule has 2 amide bonds. The molecule has 8 nitrogen and oxygen atoms in total. The van der Waals surface area contributed by atoms with Crippen LogP contribution in [-0.4, -0.2) is 49.2 Å². The zero-order chi connectivity index (χ0) is 21.1. The summed E-state index contributed by atoms with van der Waals surface area (Å²) in [5, 5.41) is 9.31. The average molecular weight is 386 g/mol. The van der Waals surface area contributed by atoms with E-state index in [1.165, 1.54) is 0 Å². The highest BCUT2D eigenvalue weighted by Crippen LogP contribution is 2.14. The maximum absolute atomic E-state index is 11.9. The predicted molar refractivity (Wildman–Crippen MR) is 110 cm³/mol. The first-order valence-electron chi connectivity index (χ1n) is 9.73. The number of primary amides is 1.